The molecule has 0 atom stereocenters. The number of carbonyl (C=O) groups excluding carboxylic acids is 3. The molecule has 0 saturated heterocycles. The number of amides is 1. The minimum absolute atomic E-state index is 0.190. The third-order valence-corrected chi connectivity index (χ3v) is 5.87. The lowest BCUT2D eigenvalue weighted by molar-refractivity contribution is -0.118. The lowest BCUT2D eigenvalue weighted by Crippen LogP contribution is -2.34. The number of hydrogen-bond donors (Lipinski definition) is 1. The number of rotatable bonds is 7. The van der Waals surface area contributed by atoms with Gasteiger partial charge in [-0.25, -0.2) is 9.79 Å². The summed E-state index contributed by atoms with van der Waals surface area (Å²) in [7, 11) is 5.12. The van der Waals surface area contributed by atoms with E-state index in [9.17, 15) is 14.4 Å². The van der Waals surface area contributed by atoms with Crippen molar-refractivity contribution in [3.8, 4) is 0 Å². The van der Waals surface area contributed by atoms with Crippen LogP contribution in [0.1, 0.15) is 35.7 Å². The van der Waals surface area contributed by atoms with Crippen molar-refractivity contribution in [2.75, 3.05) is 31.4 Å². The fourth-order valence-corrected chi connectivity index (χ4v) is 3.28. The Morgan fingerprint density at radius 3 is 2.38 bits per heavy atom. The Morgan fingerprint density at radius 1 is 1.12 bits per heavy atom. The number of carbonyl (C=O) groups is 3. The second-order valence-electron chi connectivity index (χ2n) is 8.36. The SMILES string of the molecule is COC(=O)c1ccc(Cl)c(NC(=O)/C(=N\c2ccc(N(C)C)cc2C)C(=O)C2(C)CC2)c1. The molecule has 168 valence electrons. The first-order valence-corrected chi connectivity index (χ1v) is 10.5. The number of nitrogens with one attached hydrogen (secondary N) is 1. The van der Waals surface area contributed by atoms with Gasteiger partial charge in [-0.15, -0.1) is 0 Å². The highest BCUT2D eigenvalue weighted by molar-refractivity contribution is 6.69. The van der Waals surface area contributed by atoms with Gasteiger partial charge in [0.05, 0.1) is 29.1 Å². The van der Waals surface area contributed by atoms with Crippen LogP contribution in [-0.2, 0) is 14.3 Å². The van der Waals surface area contributed by atoms with E-state index in [1.54, 1.807) is 6.07 Å². The monoisotopic (exact) mass is 455 g/mol. The van der Waals surface area contributed by atoms with Gasteiger partial charge in [-0.3, -0.25) is 9.59 Å². The molecule has 1 aliphatic rings. The molecule has 2 aromatic rings. The summed E-state index contributed by atoms with van der Waals surface area (Å²) in [5.41, 5.74) is 1.99. The third-order valence-electron chi connectivity index (χ3n) is 5.54. The van der Waals surface area contributed by atoms with Crippen molar-refractivity contribution < 1.29 is 19.1 Å². The van der Waals surface area contributed by atoms with Gasteiger partial charge in [0, 0.05) is 25.2 Å². The molecule has 1 aliphatic carbocycles. The number of Topliss-reactive ketones (excluding diaryl/α,β-unsaturated/α-hetero) is 1. The van der Waals surface area contributed by atoms with Gasteiger partial charge in [-0.05, 0) is 61.7 Å². The maximum absolute atomic E-state index is 13.2. The minimum atomic E-state index is -0.678. The van der Waals surface area contributed by atoms with Crippen molar-refractivity contribution in [3.05, 3.63) is 52.5 Å². The summed E-state index contributed by atoms with van der Waals surface area (Å²) in [4.78, 5) is 44.6. The van der Waals surface area contributed by atoms with Crippen LogP contribution in [0.3, 0.4) is 0 Å². The standard InChI is InChI=1S/C24H26ClN3O4/c1-14-12-16(28(3)4)7-9-18(14)26-20(21(29)24(2)10-11-24)22(30)27-19-13-15(23(31)32-5)6-8-17(19)25/h6-9,12-13H,10-11H2,1-5H3,(H,27,30)/b26-20-. The highest BCUT2D eigenvalue weighted by Gasteiger charge is 2.48. The van der Waals surface area contributed by atoms with Crippen molar-refractivity contribution in [1.82, 2.24) is 0 Å². The van der Waals surface area contributed by atoms with Gasteiger partial charge in [-0.2, -0.15) is 0 Å². The number of aryl methyl sites for hydroxylation is 1. The number of aliphatic imine (C=N–C) groups is 1. The van der Waals surface area contributed by atoms with Crippen LogP contribution < -0.4 is 10.2 Å². The Balaban J connectivity index is 1.99. The molecule has 0 aliphatic heterocycles. The van der Waals surface area contributed by atoms with Gasteiger partial charge in [0.25, 0.3) is 5.91 Å². The molecule has 1 amide bonds. The molecular formula is C24H26ClN3O4. The molecule has 0 spiro atoms. The summed E-state index contributed by atoms with van der Waals surface area (Å²) in [6.45, 7) is 3.70. The van der Waals surface area contributed by atoms with Gasteiger partial charge in [-0.1, -0.05) is 18.5 Å². The average Bonchev–Trinajstić information content (AvgIpc) is 3.51. The topological polar surface area (TPSA) is 88.1 Å². The second-order valence-corrected chi connectivity index (χ2v) is 8.76. The summed E-state index contributed by atoms with van der Waals surface area (Å²) in [6.07, 6.45) is 1.41. The number of benzene rings is 2. The van der Waals surface area contributed by atoms with E-state index in [0.717, 1.165) is 11.3 Å². The number of nitrogens with zero attached hydrogens (tertiary/aromatic N) is 2. The third kappa shape index (κ3) is 4.99. The van der Waals surface area contributed by atoms with E-state index in [4.69, 9.17) is 16.3 Å². The molecule has 7 nitrogen and oxygen atoms in total. The van der Waals surface area contributed by atoms with Crippen molar-refractivity contribution in [2.24, 2.45) is 10.4 Å². The Morgan fingerprint density at radius 2 is 1.81 bits per heavy atom. The molecular weight excluding hydrogens is 430 g/mol. The highest BCUT2D eigenvalue weighted by Crippen LogP contribution is 2.46. The lowest BCUT2D eigenvalue weighted by atomic mass is 9.98. The zero-order valence-electron chi connectivity index (χ0n) is 18.8. The normalized spacial score (nSPS) is 14.5. The Bertz CT molecular complexity index is 1120. The number of methoxy groups -OCH3 is 1. The van der Waals surface area contributed by atoms with E-state index in [2.05, 4.69) is 10.3 Å². The molecule has 0 radical (unpaired) electrons. The smallest absolute Gasteiger partial charge is 0.337 e. The van der Waals surface area contributed by atoms with Gasteiger partial charge < -0.3 is 15.0 Å². The molecule has 0 heterocycles. The van der Waals surface area contributed by atoms with Crippen LogP contribution in [0.5, 0.6) is 0 Å². The zero-order valence-corrected chi connectivity index (χ0v) is 19.5. The second kappa shape index (κ2) is 9.12. The lowest BCUT2D eigenvalue weighted by Gasteiger charge is -2.15. The van der Waals surface area contributed by atoms with Crippen molar-refractivity contribution in [1.29, 1.82) is 0 Å². The van der Waals surface area contributed by atoms with Crippen LogP contribution >= 0.6 is 11.6 Å². The van der Waals surface area contributed by atoms with Crippen LogP contribution in [0.4, 0.5) is 17.1 Å². The Kier molecular flexibility index (Phi) is 6.69. The number of anilines is 2. The predicted octanol–water partition coefficient (Wildman–Crippen LogP) is 4.58. The van der Waals surface area contributed by atoms with Crippen LogP contribution in [0.25, 0.3) is 0 Å². The average molecular weight is 456 g/mol. The molecule has 1 fully saturated rings. The fourth-order valence-electron chi connectivity index (χ4n) is 3.12. The largest absolute Gasteiger partial charge is 0.465 e. The molecule has 1 saturated carbocycles. The van der Waals surface area contributed by atoms with E-state index >= 15 is 0 Å². The zero-order chi connectivity index (χ0) is 23.6. The molecule has 32 heavy (non-hydrogen) atoms. The van der Waals surface area contributed by atoms with Crippen LogP contribution in [0.2, 0.25) is 5.02 Å². The van der Waals surface area contributed by atoms with E-state index in [1.165, 1.54) is 25.3 Å². The minimum Gasteiger partial charge on any atom is -0.465 e. The molecule has 0 aromatic heterocycles. The van der Waals surface area contributed by atoms with Crippen molar-refractivity contribution >= 4 is 52.0 Å². The number of ketones is 1. The predicted molar refractivity (Wildman–Crippen MR) is 126 cm³/mol. The van der Waals surface area contributed by atoms with Gasteiger partial charge in [0.1, 0.15) is 0 Å². The first-order chi connectivity index (χ1) is 15.1. The first kappa shape index (κ1) is 23.5. The van der Waals surface area contributed by atoms with Crippen LogP contribution in [-0.4, -0.2) is 44.6 Å². The summed E-state index contributed by atoms with van der Waals surface area (Å²) >= 11 is 6.21. The van der Waals surface area contributed by atoms with E-state index < -0.39 is 17.3 Å². The summed E-state index contributed by atoms with van der Waals surface area (Å²) < 4.78 is 4.72. The molecule has 1 N–H and O–H groups in total. The van der Waals surface area contributed by atoms with Crippen molar-refractivity contribution in [3.63, 3.8) is 0 Å². The summed E-state index contributed by atoms with van der Waals surface area (Å²) in [5, 5.41) is 2.87. The quantitative estimate of drug-likeness (QED) is 0.375. The first-order valence-electron chi connectivity index (χ1n) is 10.2. The molecule has 8 heteroatoms. The van der Waals surface area contributed by atoms with E-state index in [1.807, 2.05) is 45.0 Å². The molecule has 0 unspecified atom stereocenters. The van der Waals surface area contributed by atoms with Gasteiger partial charge in [0.2, 0.25) is 0 Å². The van der Waals surface area contributed by atoms with Gasteiger partial charge >= 0.3 is 5.97 Å². The molecule has 3 rings (SSSR count). The van der Waals surface area contributed by atoms with Crippen molar-refractivity contribution in [2.45, 2.75) is 26.7 Å². The summed E-state index contributed by atoms with van der Waals surface area (Å²) in [6, 6.07) is 9.98. The highest BCUT2D eigenvalue weighted by atomic mass is 35.5. The fraction of sp³-hybridized carbons (Fsp3) is 0.333. The maximum atomic E-state index is 13.2. The number of halogens is 1. The number of ether oxygens (including phenoxy) is 1. The van der Waals surface area contributed by atoms with E-state index in [0.29, 0.717) is 18.5 Å². The number of hydrogen-bond acceptors (Lipinski definition) is 6. The summed E-state index contributed by atoms with van der Waals surface area (Å²) in [5.74, 6) is -1.56. The Labute approximate surface area is 192 Å². The van der Waals surface area contributed by atoms with Gasteiger partial charge in [0.15, 0.2) is 11.5 Å². The number of esters is 1. The van der Waals surface area contributed by atoms with Crippen LogP contribution in [0, 0.1) is 12.3 Å². The Hall–Kier alpha value is -3.19. The van der Waals surface area contributed by atoms with E-state index in [-0.39, 0.29) is 27.8 Å². The molecule has 2 aromatic carbocycles. The van der Waals surface area contributed by atoms with Crippen LogP contribution in [0.15, 0.2) is 41.4 Å². The maximum Gasteiger partial charge on any atom is 0.337 e. The molecule has 0 bridgehead atoms.